The number of halogens is 1. The maximum Gasteiger partial charge on any atom is 0.472 e. The molecule has 0 spiro atoms. The van der Waals surface area contributed by atoms with Crippen LogP contribution in [0.3, 0.4) is 0 Å². The fraction of sp³-hybridized carbons (Fsp3) is 0.500. The highest BCUT2D eigenvalue weighted by Crippen LogP contribution is 2.50. The molecule has 22 heteroatoms. The maximum absolute atomic E-state index is 15.1. The van der Waals surface area contributed by atoms with Crippen molar-refractivity contribution in [3.05, 3.63) is 29.3 Å². The number of fused-ring (bicyclic) bond motifs is 2. The van der Waals surface area contributed by atoms with Crippen LogP contribution in [-0.4, -0.2) is 105 Å². The standard InChI is InChI=1S/C20H24FN10O10P/c1-37-19-11(33)12(18(40-19)31-5-27-9-15(31)28-20(23)29-16(9)34)41-42(35,36)38-2-6-10(32)7(21)17(39-6)30-4-26-8-13(22)24-3-25-14(8)30/h3-7,10-12,17-19,32-33H,2H2,1H3,(H,35,36)(H2,22,24,25)(H3,23,28,29,34)/t6-,7?,10?,11?,12?,17-,18-,19+/m1/s1. The van der Waals surface area contributed by atoms with E-state index in [0.29, 0.717) is 0 Å². The van der Waals surface area contributed by atoms with Crippen LogP contribution in [-0.2, 0) is 27.8 Å². The predicted molar refractivity (Wildman–Crippen MR) is 135 cm³/mol. The number of nitrogens with zero attached hydrogens (tertiary/aromatic N) is 7. The number of hydrogen-bond donors (Lipinski definition) is 6. The minimum atomic E-state index is -5.07. The third-order valence-electron chi connectivity index (χ3n) is 6.74. The zero-order valence-corrected chi connectivity index (χ0v) is 22.3. The molecule has 2 aliphatic heterocycles. The Labute approximate surface area is 232 Å². The normalized spacial score (nSPS) is 31.3. The van der Waals surface area contributed by atoms with Gasteiger partial charge in [-0.25, -0.2) is 28.9 Å². The summed E-state index contributed by atoms with van der Waals surface area (Å²) in [5.41, 5.74) is 10.8. The van der Waals surface area contributed by atoms with Gasteiger partial charge in [0.15, 0.2) is 47.5 Å². The molecule has 6 heterocycles. The van der Waals surface area contributed by atoms with E-state index in [-0.39, 0.29) is 34.1 Å². The molecule has 5 unspecified atom stereocenters. The predicted octanol–water partition coefficient (Wildman–Crippen LogP) is -1.92. The number of aromatic nitrogens is 8. The molecule has 42 heavy (non-hydrogen) atoms. The van der Waals surface area contributed by atoms with E-state index in [9.17, 15) is 24.5 Å². The molecule has 8 N–H and O–H groups in total. The Morgan fingerprint density at radius 2 is 1.79 bits per heavy atom. The summed E-state index contributed by atoms with van der Waals surface area (Å²) in [5.74, 6) is -0.197. The lowest BCUT2D eigenvalue weighted by molar-refractivity contribution is -0.160. The SMILES string of the molecule is CO[C@H]1O[C@@H](n2cnc3c(=O)[nH]c(N)nc32)C(OP(=O)(O)OC[C@H]2O[C@@H](n3cnc4c(N)ncnc43)C(F)C2O)C1O. The molecule has 226 valence electrons. The molecule has 4 aromatic heterocycles. The van der Waals surface area contributed by atoms with Crippen LogP contribution in [0.5, 0.6) is 0 Å². The first-order valence-electron chi connectivity index (χ1n) is 12.1. The van der Waals surface area contributed by atoms with Crippen LogP contribution in [0.2, 0.25) is 0 Å². The summed E-state index contributed by atoms with van der Waals surface area (Å²) in [4.78, 5) is 44.8. The Bertz CT molecular complexity index is 1730. The van der Waals surface area contributed by atoms with Crippen molar-refractivity contribution in [2.24, 2.45) is 0 Å². The number of ether oxygens (including phenoxy) is 3. The van der Waals surface area contributed by atoms with Crippen LogP contribution in [0.15, 0.2) is 23.8 Å². The first-order valence-corrected chi connectivity index (χ1v) is 13.6. The minimum absolute atomic E-state index is 0.0489. The molecule has 2 fully saturated rings. The van der Waals surface area contributed by atoms with Crippen molar-refractivity contribution in [2.45, 2.75) is 49.3 Å². The Morgan fingerprint density at radius 3 is 2.52 bits per heavy atom. The number of rotatable bonds is 8. The molecule has 6 rings (SSSR count). The van der Waals surface area contributed by atoms with Gasteiger partial charge < -0.3 is 40.8 Å². The number of nitrogens with one attached hydrogen (secondary N) is 1. The van der Waals surface area contributed by atoms with Gasteiger partial charge in [0.25, 0.3) is 5.56 Å². The molecule has 0 radical (unpaired) electrons. The van der Waals surface area contributed by atoms with Gasteiger partial charge in [-0.15, -0.1) is 0 Å². The number of alkyl halides is 1. The van der Waals surface area contributed by atoms with Crippen molar-refractivity contribution >= 4 is 41.9 Å². The highest BCUT2D eigenvalue weighted by molar-refractivity contribution is 7.47. The number of hydrogen-bond acceptors (Lipinski definition) is 16. The largest absolute Gasteiger partial charge is 0.472 e. The lowest BCUT2D eigenvalue weighted by atomic mass is 10.1. The first-order chi connectivity index (χ1) is 20.0. The Hall–Kier alpha value is -3.66. The summed E-state index contributed by atoms with van der Waals surface area (Å²) in [6.07, 6.45) is -9.20. The molecular weight excluding hydrogens is 590 g/mol. The van der Waals surface area contributed by atoms with E-state index in [1.165, 1.54) is 18.0 Å². The zero-order chi connectivity index (χ0) is 29.9. The van der Waals surface area contributed by atoms with Gasteiger partial charge in [-0.2, -0.15) is 4.98 Å². The zero-order valence-electron chi connectivity index (χ0n) is 21.4. The van der Waals surface area contributed by atoms with E-state index in [2.05, 4.69) is 29.9 Å². The molecule has 4 aromatic rings. The summed E-state index contributed by atoms with van der Waals surface area (Å²) in [6.45, 7) is -0.806. The number of aliphatic hydroxyl groups excluding tert-OH is 2. The summed E-state index contributed by atoms with van der Waals surface area (Å²) in [5, 5.41) is 21.2. The van der Waals surface area contributed by atoms with Gasteiger partial charge in [0.2, 0.25) is 5.95 Å². The minimum Gasteiger partial charge on any atom is -0.387 e. The van der Waals surface area contributed by atoms with Gasteiger partial charge in [-0.3, -0.25) is 28.0 Å². The average Bonchev–Trinajstić information content (AvgIpc) is 3.69. The number of nitrogens with two attached hydrogens (primary N) is 2. The van der Waals surface area contributed by atoms with Crippen LogP contribution in [0.25, 0.3) is 22.3 Å². The second-order valence-corrected chi connectivity index (χ2v) is 10.7. The lowest BCUT2D eigenvalue weighted by Crippen LogP contribution is -2.35. The third-order valence-corrected chi connectivity index (χ3v) is 7.72. The van der Waals surface area contributed by atoms with Gasteiger partial charge in [0, 0.05) is 7.11 Å². The van der Waals surface area contributed by atoms with E-state index in [0.717, 1.165) is 17.2 Å². The number of imidazole rings is 2. The number of aliphatic hydroxyl groups is 2. The highest BCUT2D eigenvalue weighted by Gasteiger charge is 2.51. The topological polar surface area (TPSA) is 283 Å². The van der Waals surface area contributed by atoms with Gasteiger partial charge in [0.1, 0.15) is 36.3 Å². The smallest absolute Gasteiger partial charge is 0.387 e. The van der Waals surface area contributed by atoms with E-state index in [1.54, 1.807) is 0 Å². The number of H-pyrrole nitrogens is 1. The molecule has 0 saturated carbocycles. The van der Waals surface area contributed by atoms with E-state index >= 15 is 4.39 Å². The molecule has 9 atom stereocenters. The van der Waals surface area contributed by atoms with E-state index in [1.807, 2.05) is 0 Å². The second kappa shape index (κ2) is 10.6. The second-order valence-electron chi connectivity index (χ2n) is 9.31. The average molecular weight is 614 g/mol. The van der Waals surface area contributed by atoms with Crippen LogP contribution in [0, 0.1) is 0 Å². The van der Waals surface area contributed by atoms with Gasteiger partial charge >= 0.3 is 7.82 Å². The number of aromatic amines is 1. The van der Waals surface area contributed by atoms with E-state index in [4.69, 9.17) is 34.7 Å². The summed E-state index contributed by atoms with van der Waals surface area (Å²) >= 11 is 0. The molecular formula is C20H24FN10O10P. The van der Waals surface area contributed by atoms with Crippen LogP contribution >= 0.6 is 7.82 Å². The summed E-state index contributed by atoms with van der Waals surface area (Å²) < 4.78 is 56.9. The Balaban J connectivity index is 1.19. The monoisotopic (exact) mass is 614 g/mol. The summed E-state index contributed by atoms with van der Waals surface area (Å²) in [6, 6.07) is 0. The number of phosphoric acid groups is 1. The van der Waals surface area contributed by atoms with Crippen molar-refractivity contribution < 1.29 is 47.3 Å². The van der Waals surface area contributed by atoms with Crippen LogP contribution < -0.4 is 17.0 Å². The molecule has 0 amide bonds. The first kappa shape index (κ1) is 28.5. The molecule has 2 aliphatic rings. The van der Waals surface area contributed by atoms with Crippen molar-refractivity contribution in [1.29, 1.82) is 0 Å². The van der Waals surface area contributed by atoms with Crippen molar-refractivity contribution in [2.75, 3.05) is 25.2 Å². The quantitative estimate of drug-likeness (QED) is 0.118. The van der Waals surface area contributed by atoms with Gasteiger partial charge in [0.05, 0.1) is 19.3 Å². The Kier molecular flexibility index (Phi) is 7.15. The van der Waals surface area contributed by atoms with E-state index < -0.39 is 69.3 Å². The molecule has 0 bridgehead atoms. The van der Waals surface area contributed by atoms with Gasteiger partial charge in [-0.05, 0) is 0 Å². The lowest BCUT2D eigenvalue weighted by Gasteiger charge is -2.24. The van der Waals surface area contributed by atoms with Crippen molar-refractivity contribution in [3.8, 4) is 0 Å². The molecule has 0 aliphatic carbocycles. The fourth-order valence-corrected chi connectivity index (χ4v) is 5.69. The maximum atomic E-state index is 15.1. The Morgan fingerprint density at radius 1 is 1.07 bits per heavy atom. The molecule has 20 nitrogen and oxygen atoms in total. The fourth-order valence-electron chi connectivity index (χ4n) is 4.75. The number of methoxy groups -OCH3 is 1. The van der Waals surface area contributed by atoms with Gasteiger partial charge in [-0.1, -0.05) is 0 Å². The van der Waals surface area contributed by atoms with Crippen molar-refractivity contribution in [1.82, 2.24) is 39.0 Å². The highest BCUT2D eigenvalue weighted by atomic mass is 31.2. The van der Waals surface area contributed by atoms with Crippen molar-refractivity contribution in [3.63, 3.8) is 0 Å². The third kappa shape index (κ3) is 4.79. The van der Waals surface area contributed by atoms with Crippen LogP contribution in [0.1, 0.15) is 12.5 Å². The number of nitrogen functional groups attached to an aromatic ring is 2. The van der Waals surface area contributed by atoms with Crippen LogP contribution in [0.4, 0.5) is 16.2 Å². The summed E-state index contributed by atoms with van der Waals surface area (Å²) in [7, 11) is -3.86. The molecule has 0 aromatic carbocycles. The number of anilines is 2. The number of phosphoric ester groups is 1. The molecule has 2 saturated heterocycles.